The van der Waals surface area contributed by atoms with Crippen LogP contribution in [0, 0.1) is 5.41 Å². The molecule has 2 N–H and O–H groups in total. The number of hydrogen-bond acceptors (Lipinski definition) is 3. The third-order valence-corrected chi connectivity index (χ3v) is 5.54. The van der Waals surface area contributed by atoms with Crippen LogP contribution in [0.15, 0.2) is 30.3 Å². The fourth-order valence-corrected chi connectivity index (χ4v) is 3.61. The van der Waals surface area contributed by atoms with Gasteiger partial charge >= 0.3 is 5.97 Å². The summed E-state index contributed by atoms with van der Waals surface area (Å²) in [7, 11) is 0. The van der Waals surface area contributed by atoms with Crippen LogP contribution in [0.1, 0.15) is 54.9 Å². The molecule has 3 rings (SSSR count). The number of para-hydroxylation sites is 1. The Morgan fingerprint density at radius 1 is 1.19 bits per heavy atom. The van der Waals surface area contributed by atoms with Crippen molar-refractivity contribution in [2.45, 2.75) is 46.0 Å². The van der Waals surface area contributed by atoms with E-state index < -0.39 is 11.4 Å². The summed E-state index contributed by atoms with van der Waals surface area (Å²) >= 11 is 0. The number of fused-ring (bicyclic) bond motifs is 1. The van der Waals surface area contributed by atoms with Crippen LogP contribution in [-0.4, -0.2) is 33.3 Å². The van der Waals surface area contributed by atoms with Crippen LogP contribution in [0.5, 0.6) is 0 Å². The quantitative estimate of drug-likeness (QED) is 0.800. The lowest BCUT2D eigenvalue weighted by molar-refractivity contribution is -0.149. The number of carbonyl (C=O) groups excluding carboxylic acids is 1. The highest BCUT2D eigenvalue weighted by molar-refractivity contribution is 5.94. The zero-order chi connectivity index (χ0) is 18.7. The molecule has 0 radical (unpaired) electrons. The molecule has 1 amide bonds. The van der Waals surface area contributed by atoms with E-state index in [0.29, 0.717) is 18.5 Å². The maximum absolute atomic E-state index is 12.8. The minimum Gasteiger partial charge on any atom is -0.481 e. The van der Waals surface area contributed by atoms with Gasteiger partial charge < -0.3 is 10.4 Å². The molecule has 0 fully saturated rings. The number of hydrogen-bond donors (Lipinski definition) is 2. The molecule has 6 nitrogen and oxygen atoms in total. The van der Waals surface area contributed by atoms with Crippen molar-refractivity contribution >= 4 is 11.9 Å². The molecule has 26 heavy (non-hydrogen) atoms. The van der Waals surface area contributed by atoms with Crippen LogP contribution < -0.4 is 5.32 Å². The summed E-state index contributed by atoms with van der Waals surface area (Å²) in [5.74, 6) is -1.16. The maximum atomic E-state index is 12.8. The zero-order valence-corrected chi connectivity index (χ0v) is 15.3. The van der Waals surface area contributed by atoms with Gasteiger partial charge in [0.25, 0.3) is 5.91 Å². The van der Waals surface area contributed by atoms with E-state index >= 15 is 0 Å². The third-order valence-electron chi connectivity index (χ3n) is 5.54. The van der Waals surface area contributed by atoms with Gasteiger partial charge in [0.1, 0.15) is 0 Å². The SMILES string of the molecule is CCC(CC)(CNC(=O)c1nn(-c2ccccc2)c2c1CCC2)C(=O)O. The number of rotatable bonds is 7. The van der Waals surface area contributed by atoms with Crippen molar-refractivity contribution in [3.63, 3.8) is 0 Å². The lowest BCUT2D eigenvalue weighted by Crippen LogP contribution is -2.42. The summed E-state index contributed by atoms with van der Waals surface area (Å²) in [4.78, 5) is 24.4. The number of nitrogens with one attached hydrogen (secondary N) is 1. The smallest absolute Gasteiger partial charge is 0.311 e. The number of aromatic nitrogens is 2. The van der Waals surface area contributed by atoms with E-state index in [0.717, 1.165) is 36.2 Å². The van der Waals surface area contributed by atoms with Crippen LogP contribution in [0.25, 0.3) is 5.69 Å². The van der Waals surface area contributed by atoms with E-state index in [1.54, 1.807) is 0 Å². The molecule has 0 bridgehead atoms. The van der Waals surface area contributed by atoms with Crippen LogP contribution in [0.4, 0.5) is 0 Å². The molecule has 1 aliphatic carbocycles. The van der Waals surface area contributed by atoms with Crippen molar-refractivity contribution < 1.29 is 14.7 Å². The number of carboxylic acids is 1. The van der Waals surface area contributed by atoms with Crippen molar-refractivity contribution in [1.82, 2.24) is 15.1 Å². The van der Waals surface area contributed by atoms with Gasteiger partial charge in [0.05, 0.1) is 11.1 Å². The Hall–Kier alpha value is -2.63. The van der Waals surface area contributed by atoms with Crippen molar-refractivity contribution in [3.05, 3.63) is 47.3 Å². The van der Waals surface area contributed by atoms with Crippen LogP contribution >= 0.6 is 0 Å². The molecule has 1 heterocycles. The first-order valence-electron chi connectivity index (χ1n) is 9.20. The highest BCUT2D eigenvalue weighted by atomic mass is 16.4. The minimum atomic E-state index is -0.930. The monoisotopic (exact) mass is 355 g/mol. The zero-order valence-electron chi connectivity index (χ0n) is 15.3. The summed E-state index contributed by atoms with van der Waals surface area (Å²) in [5, 5.41) is 16.9. The van der Waals surface area contributed by atoms with Gasteiger partial charge in [-0.15, -0.1) is 0 Å². The van der Waals surface area contributed by atoms with E-state index in [-0.39, 0.29) is 12.5 Å². The van der Waals surface area contributed by atoms with Crippen LogP contribution in [0.3, 0.4) is 0 Å². The van der Waals surface area contributed by atoms with Crippen LogP contribution in [0.2, 0.25) is 0 Å². The molecular weight excluding hydrogens is 330 g/mol. The molecule has 0 aliphatic heterocycles. The van der Waals surface area contributed by atoms with Gasteiger partial charge in [-0.25, -0.2) is 4.68 Å². The Balaban J connectivity index is 1.86. The predicted octanol–water partition coefficient (Wildman–Crippen LogP) is 2.98. The molecule has 2 aromatic rings. The van der Waals surface area contributed by atoms with E-state index in [4.69, 9.17) is 0 Å². The number of aliphatic carboxylic acids is 1. The first-order chi connectivity index (χ1) is 12.5. The highest BCUT2D eigenvalue weighted by Gasteiger charge is 2.36. The van der Waals surface area contributed by atoms with E-state index in [1.807, 2.05) is 48.9 Å². The maximum Gasteiger partial charge on any atom is 0.311 e. The van der Waals surface area contributed by atoms with Crippen molar-refractivity contribution in [1.29, 1.82) is 0 Å². The van der Waals surface area contributed by atoms with Gasteiger partial charge in [-0.3, -0.25) is 9.59 Å². The molecule has 138 valence electrons. The summed E-state index contributed by atoms with van der Waals surface area (Å²) < 4.78 is 1.85. The fourth-order valence-electron chi connectivity index (χ4n) is 3.61. The average molecular weight is 355 g/mol. The lowest BCUT2D eigenvalue weighted by atomic mass is 9.82. The first-order valence-corrected chi connectivity index (χ1v) is 9.20. The molecule has 1 aromatic heterocycles. The molecule has 6 heteroatoms. The van der Waals surface area contributed by atoms with Crippen molar-refractivity contribution in [3.8, 4) is 5.69 Å². The minimum absolute atomic E-state index is 0.112. The second-order valence-electron chi connectivity index (χ2n) is 6.85. The Kier molecular flexibility index (Phi) is 5.11. The number of carbonyl (C=O) groups is 2. The Labute approximate surface area is 153 Å². The normalized spacial score (nSPS) is 13.5. The molecule has 0 atom stereocenters. The molecule has 0 spiro atoms. The fraction of sp³-hybridized carbons (Fsp3) is 0.450. The van der Waals surface area contributed by atoms with Crippen molar-refractivity contribution in [2.75, 3.05) is 6.54 Å². The van der Waals surface area contributed by atoms with Crippen LogP contribution in [-0.2, 0) is 17.6 Å². The molecule has 0 saturated carbocycles. The Morgan fingerprint density at radius 2 is 1.88 bits per heavy atom. The topological polar surface area (TPSA) is 84.2 Å². The van der Waals surface area contributed by atoms with Gasteiger partial charge in [-0.1, -0.05) is 32.0 Å². The summed E-state index contributed by atoms with van der Waals surface area (Å²) in [6.45, 7) is 3.79. The largest absolute Gasteiger partial charge is 0.481 e. The average Bonchev–Trinajstić information content (AvgIpc) is 3.25. The molecule has 0 saturated heterocycles. The second kappa shape index (κ2) is 7.32. The molecule has 1 aliphatic rings. The predicted molar refractivity (Wildman–Crippen MR) is 98.6 cm³/mol. The summed E-state index contributed by atoms with van der Waals surface area (Å²) in [6, 6.07) is 9.78. The lowest BCUT2D eigenvalue weighted by Gasteiger charge is -2.26. The number of benzene rings is 1. The number of amides is 1. The van der Waals surface area contributed by atoms with Gasteiger partial charge in [0.2, 0.25) is 0 Å². The highest BCUT2D eigenvalue weighted by Crippen LogP contribution is 2.29. The van der Waals surface area contributed by atoms with Crippen molar-refractivity contribution in [2.24, 2.45) is 5.41 Å². The molecule has 1 aromatic carbocycles. The number of carboxylic acid groups (broad SMARTS) is 1. The van der Waals surface area contributed by atoms with E-state index in [1.165, 1.54) is 0 Å². The summed E-state index contributed by atoms with van der Waals surface area (Å²) in [6.07, 6.45) is 3.67. The van der Waals surface area contributed by atoms with E-state index in [9.17, 15) is 14.7 Å². The van der Waals surface area contributed by atoms with Gasteiger partial charge in [-0.2, -0.15) is 5.10 Å². The first kappa shape index (κ1) is 18.2. The number of nitrogens with zero attached hydrogens (tertiary/aromatic N) is 2. The second-order valence-corrected chi connectivity index (χ2v) is 6.85. The van der Waals surface area contributed by atoms with Gasteiger partial charge in [0.15, 0.2) is 5.69 Å². The van der Waals surface area contributed by atoms with Gasteiger partial charge in [0, 0.05) is 17.8 Å². The van der Waals surface area contributed by atoms with Gasteiger partial charge in [-0.05, 0) is 44.2 Å². The Morgan fingerprint density at radius 3 is 2.50 bits per heavy atom. The third kappa shape index (κ3) is 3.11. The molecular formula is C20H25N3O3. The molecule has 0 unspecified atom stereocenters. The standard InChI is InChI=1S/C20H25N3O3/c1-3-20(4-2,19(25)26)13-21-18(24)17-15-11-8-12-16(15)23(22-17)14-9-6-5-7-10-14/h5-7,9-10H,3-4,8,11-13H2,1-2H3,(H,21,24)(H,25,26). The van der Waals surface area contributed by atoms with E-state index in [2.05, 4.69) is 10.4 Å². The Bertz CT molecular complexity index is 807. The summed E-state index contributed by atoms with van der Waals surface area (Å²) in [5.41, 5.74) is 2.50.